The molecule has 0 atom stereocenters. The molecule has 0 fully saturated rings. The summed E-state index contributed by atoms with van der Waals surface area (Å²) in [5.41, 5.74) is 1.69. The molecule has 0 aromatic carbocycles. The number of hydrogen-bond donors (Lipinski definition) is 2. The van der Waals surface area contributed by atoms with Gasteiger partial charge in [-0.2, -0.15) is 5.10 Å². The summed E-state index contributed by atoms with van der Waals surface area (Å²) in [6.45, 7) is 1.97. The Morgan fingerprint density at radius 3 is 3.09 bits per heavy atom. The monoisotopic (exact) mass is 154 g/mol. The standard InChI is InChI=1S/C7H10N2O2/c1-2-5-4-8-9-6(5)3-7(10)11/h4H,2-3H2,1H3,(H,8,9)(H,10,11). The van der Waals surface area contributed by atoms with E-state index < -0.39 is 5.97 Å². The van der Waals surface area contributed by atoms with Crippen molar-refractivity contribution < 1.29 is 9.90 Å². The zero-order chi connectivity index (χ0) is 8.27. The minimum absolute atomic E-state index is 0.0309. The number of aromatic nitrogens is 2. The van der Waals surface area contributed by atoms with Crippen molar-refractivity contribution in [2.45, 2.75) is 19.8 Å². The minimum Gasteiger partial charge on any atom is -0.481 e. The molecule has 11 heavy (non-hydrogen) atoms. The Hall–Kier alpha value is -1.32. The molecule has 0 aliphatic rings. The number of aromatic amines is 1. The van der Waals surface area contributed by atoms with Crippen LogP contribution in [-0.4, -0.2) is 21.3 Å². The number of hydrogen-bond acceptors (Lipinski definition) is 2. The highest BCUT2D eigenvalue weighted by Gasteiger charge is 2.06. The van der Waals surface area contributed by atoms with Crippen LogP contribution in [0.15, 0.2) is 6.20 Å². The molecule has 0 aliphatic heterocycles. The van der Waals surface area contributed by atoms with Crippen LogP contribution in [0.4, 0.5) is 0 Å². The third-order valence-electron chi connectivity index (χ3n) is 1.52. The van der Waals surface area contributed by atoms with Crippen LogP contribution in [0.3, 0.4) is 0 Å². The Morgan fingerprint density at radius 1 is 1.82 bits per heavy atom. The van der Waals surface area contributed by atoms with Gasteiger partial charge in [-0.1, -0.05) is 6.92 Å². The zero-order valence-corrected chi connectivity index (χ0v) is 6.29. The second-order valence-electron chi connectivity index (χ2n) is 2.30. The molecule has 1 heterocycles. The van der Waals surface area contributed by atoms with E-state index in [2.05, 4.69) is 10.2 Å². The molecule has 4 nitrogen and oxygen atoms in total. The average molecular weight is 154 g/mol. The molecule has 0 spiro atoms. The molecule has 1 aromatic heterocycles. The number of carboxylic acids is 1. The van der Waals surface area contributed by atoms with Crippen LogP contribution in [0.25, 0.3) is 0 Å². The molecule has 4 heteroatoms. The predicted molar refractivity (Wildman–Crippen MR) is 39.3 cm³/mol. The Bertz CT molecular complexity index is 255. The highest BCUT2D eigenvalue weighted by Crippen LogP contribution is 2.05. The summed E-state index contributed by atoms with van der Waals surface area (Å²) in [6.07, 6.45) is 2.51. The first kappa shape index (κ1) is 7.78. The molecule has 1 rings (SSSR count). The molecule has 0 saturated carbocycles. The van der Waals surface area contributed by atoms with Crippen molar-refractivity contribution in [2.24, 2.45) is 0 Å². The number of rotatable bonds is 3. The van der Waals surface area contributed by atoms with Crippen LogP contribution >= 0.6 is 0 Å². The molecule has 60 valence electrons. The maximum Gasteiger partial charge on any atom is 0.309 e. The summed E-state index contributed by atoms with van der Waals surface area (Å²) in [5, 5.41) is 14.9. The lowest BCUT2D eigenvalue weighted by molar-refractivity contribution is -0.136. The second-order valence-corrected chi connectivity index (χ2v) is 2.30. The summed E-state index contributed by atoms with van der Waals surface area (Å²) < 4.78 is 0. The van der Waals surface area contributed by atoms with Crippen LogP contribution in [0, 0.1) is 0 Å². The van der Waals surface area contributed by atoms with Gasteiger partial charge in [0.05, 0.1) is 12.6 Å². The third-order valence-corrected chi connectivity index (χ3v) is 1.52. The molecular formula is C7H10N2O2. The van der Waals surface area contributed by atoms with E-state index >= 15 is 0 Å². The molecule has 2 N–H and O–H groups in total. The van der Waals surface area contributed by atoms with Crippen molar-refractivity contribution in [2.75, 3.05) is 0 Å². The number of aliphatic carboxylic acids is 1. The lowest BCUT2D eigenvalue weighted by Gasteiger charge is -1.94. The van der Waals surface area contributed by atoms with Crippen LogP contribution < -0.4 is 0 Å². The van der Waals surface area contributed by atoms with E-state index in [1.807, 2.05) is 6.92 Å². The fraction of sp³-hybridized carbons (Fsp3) is 0.429. The molecule has 0 amide bonds. The van der Waals surface area contributed by atoms with E-state index in [0.717, 1.165) is 12.0 Å². The van der Waals surface area contributed by atoms with Gasteiger partial charge in [0, 0.05) is 5.69 Å². The Labute approximate surface area is 64.2 Å². The topological polar surface area (TPSA) is 66.0 Å². The van der Waals surface area contributed by atoms with E-state index in [1.54, 1.807) is 6.20 Å². The molecule has 0 saturated heterocycles. The maximum atomic E-state index is 10.3. The van der Waals surface area contributed by atoms with Crippen LogP contribution in [0.1, 0.15) is 18.2 Å². The minimum atomic E-state index is -0.830. The molecule has 0 aliphatic carbocycles. The summed E-state index contributed by atoms with van der Waals surface area (Å²) in [6, 6.07) is 0. The Morgan fingerprint density at radius 2 is 2.55 bits per heavy atom. The highest BCUT2D eigenvalue weighted by molar-refractivity contribution is 5.69. The number of H-pyrrole nitrogens is 1. The van der Waals surface area contributed by atoms with Gasteiger partial charge in [-0.25, -0.2) is 0 Å². The number of nitrogens with zero attached hydrogens (tertiary/aromatic N) is 1. The van der Waals surface area contributed by atoms with E-state index in [0.29, 0.717) is 5.69 Å². The predicted octanol–water partition coefficient (Wildman–Crippen LogP) is 0.599. The van der Waals surface area contributed by atoms with Gasteiger partial charge in [0.1, 0.15) is 0 Å². The molecule has 0 bridgehead atoms. The van der Waals surface area contributed by atoms with Crippen molar-refractivity contribution in [3.63, 3.8) is 0 Å². The van der Waals surface area contributed by atoms with E-state index in [9.17, 15) is 4.79 Å². The smallest absolute Gasteiger partial charge is 0.309 e. The SMILES string of the molecule is CCc1cn[nH]c1CC(=O)O. The second kappa shape index (κ2) is 3.18. The fourth-order valence-corrected chi connectivity index (χ4v) is 0.947. The third kappa shape index (κ3) is 1.80. The normalized spacial score (nSPS) is 9.91. The molecule has 0 radical (unpaired) electrons. The summed E-state index contributed by atoms with van der Waals surface area (Å²) in [5.74, 6) is -0.830. The highest BCUT2D eigenvalue weighted by atomic mass is 16.4. The number of nitrogens with one attached hydrogen (secondary N) is 1. The Kier molecular flexibility index (Phi) is 2.25. The largest absolute Gasteiger partial charge is 0.481 e. The fourth-order valence-electron chi connectivity index (χ4n) is 0.947. The van der Waals surface area contributed by atoms with Gasteiger partial charge < -0.3 is 5.11 Å². The maximum absolute atomic E-state index is 10.3. The first-order valence-corrected chi connectivity index (χ1v) is 3.47. The van der Waals surface area contributed by atoms with Crippen LogP contribution in [0.5, 0.6) is 0 Å². The first-order chi connectivity index (χ1) is 5.24. The lowest BCUT2D eigenvalue weighted by Crippen LogP contribution is -2.02. The van der Waals surface area contributed by atoms with Crippen LogP contribution in [0.2, 0.25) is 0 Å². The van der Waals surface area contributed by atoms with Gasteiger partial charge in [-0.05, 0) is 12.0 Å². The number of aryl methyl sites for hydroxylation is 1. The van der Waals surface area contributed by atoms with E-state index in [-0.39, 0.29) is 6.42 Å². The first-order valence-electron chi connectivity index (χ1n) is 3.47. The van der Waals surface area contributed by atoms with E-state index in [1.165, 1.54) is 0 Å². The van der Waals surface area contributed by atoms with Crippen molar-refractivity contribution in [3.8, 4) is 0 Å². The molecule has 0 unspecified atom stereocenters. The summed E-state index contributed by atoms with van der Waals surface area (Å²) in [4.78, 5) is 10.3. The van der Waals surface area contributed by atoms with Gasteiger partial charge >= 0.3 is 5.97 Å². The quantitative estimate of drug-likeness (QED) is 0.670. The number of carbonyl (C=O) groups is 1. The average Bonchev–Trinajstić information content (AvgIpc) is 2.34. The summed E-state index contributed by atoms with van der Waals surface area (Å²) in [7, 11) is 0. The Balaban J connectivity index is 2.76. The number of carboxylic acid groups (broad SMARTS) is 1. The van der Waals surface area contributed by atoms with Crippen molar-refractivity contribution in [1.29, 1.82) is 0 Å². The molecular weight excluding hydrogens is 144 g/mol. The van der Waals surface area contributed by atoms with E-state index in [4.69, 9.17) is 5.11 Å². The van der Waals surface area contributed by atoms with Gasteiger partial charge in [0.15, 0.2) is 0 Å². The van der Waals surface area contributed by atoms with Crippen LogP contribution in [-0.2, 0) is 17.6 Å². The van der Waals surface area contributed by atoms with Crippen molar-refractivity contribution in [1.82, 2.24) is 10.2 Å². The van der Waals surface area contributed by atoms with Gasteiger partial charge in [0.2, 0.25) is 0 Å². The van der Waals surface area contributed by atoms with Gasteiger partial charge in [-0.15, -0.1) is 0 Å². The zero-order valence-electron chi connectivity index (χ0n) is 6.29. The summed E-state index contributed by atoms with van der Waals surface area (Å²) >= 11 is 0. The molecule has 1 aromatic rings. The van der Waals surface area contributed by atoms with Crippen molar-refractivity contribution in [3.05, 3.63) is 17.5 Å². The van der Waals surface area contributed by atoms with Gasteiger partial charge in [-0.3, -0.25) is 9.89 Å². The van der Waals surface area contributed by atoms with Crippen molar-refractivity contribution >= 4 is 5.97 Å². The van der Waals surface area contributed by atoms with Gasteiger partial charge in [0.25, 0.3) is 0 Å². The lowest BCUT2D eigenvalue weighted by atomic mass is 10.1.